The van der Waals surface area contributed by atoms with E-state index in [0.717, 1.165) is 0 Å². The second kappa shape index (κ2) is 1.77. The van der Waals surface area contributed by atoms with Crippen LogP contribution in [-0.2, 0) is 4.79 Å². The van der Waals surface area contributed by atoms with Crippen LogP contribution in [0, 0.1) is 0 Å². The molecule has 0 radical (unpaired) electrons. The van der Waals surface area contributed by atoms with Crippen molar-refractivity contribution in [2.45, 2.75) is 25.2 Å². The monoisotopic (exact) mass is 141 g/mol. The zero-order valence-corrected chi connectivity index (χ0v) is 7.01. The maximum atomic E-state index is 10.7. The van der Waals surface area contributed by atoms with Gasteiger partial charge < -0.3 is 0 Å². The van der Waals surface area contributed by atoms with Crippen molar-refractivity contribution in [2.24, 2.45) is 4.99 Å². The van der Waals surface area contributed by atoms with Crippen molar-refractivity contribution in [1.82, 2.24) is 0 Å². The minimum Gasteiger partial charge on any atom is -0.272 e. The van der Waals surface area contributed by atoms with E-state index >= 15 is 0 Å². The topological polar surface area (TPSA) is 29.4 Å². The molecule has 1 rings (SSSR count). The fourth-order valence-electron chi connectivity index (χ4n) is 0.804. The molecule has 9 heavy (non-hydrogen) atoms. The third-order valence-corrected chi connectivity index (χ3v) is 3.81. The molecule has 0 saturated heterocycles. The number of carbonyl (C=O) groups excluding carboxylic acids is 1. The average molecular weight is 141 g/mol. The number of hydrogen-bond acceptors (Lipinski definition) is 1. The van der Waals surface area contributed by atoms with Crippen LogP contribution in [0.3, 0.4) is 0 Å². The summed E-state index contributed by atoms with van der Waals surface area (Å²) in [6, 6.07) is 0. The van der Waals surface area contributed by atoms with Crippen LogP contribution in [0.15, 0.2) is 4.99 Å². The molecule has 0 spiro atoms. The molecule has 0 aromatic rings. The standard InChI is InChI=1S/C6H11NOSi/c1-9(2,3)5-4-7-6(5)8/h4-5H,1-3H3. The van der Waals surface area contributed by atoms with Crippen molar-refractivity contribution >= 4 is 20.2 Å². The van der Waals surface area contributed by atoms with Gasteiger partial charge in [-0.15, -0.1) is 0 Å². The van der Waals surface area contributed by atoms with Gasteiger partial charge in [0.05, 0.1) is 13.6 Å². The van der Waals surface area contributed by atoms with Gasteiger partial charge in [-0.1, -0.05) is 19.6 Å². The third kappa shape index (κ3) is 1.10. The van der Waals surface area contributed by atoms with Gasteiger partial charge in [-0.05, 0) is 0 Å². The molecule has 0 fully saturated rings. The predicted molar refractivity (Wildman–Crippen MR) is 40.6 cm³/mol. The summed E-state index contributed by atoms with van der Waals surface area (Å²) in [7, 11) is -1.24. The molecule has 50 valence electrons. The average Bonchev–Trinajstić information content (AvgIpc) is 1.57. The smallest absolute Gasteiger partial charge is 0.251 e. The Morgan fingerprint density at radius 3 is 2.11 bits per heavy atom. The number of carbonyl (C=O) groups is 1. The van der Waals surface area contributed by atoms with E-state index in [-0.39, 0.29) is 11.4 Å². The molecule has 0 saturated carbocycles. The molecule has 0 aromatic heterocycles. The maximum Gasteiger partial charge on any atom is 0.251 e. The Kier molecular flexibility index (Phi) is 1.31. The number of rotatable bonds is 1. The van der Waals surface area contributed by atoms with Crippen LogP contribution in [0.2, 0.25) is 25.2 Å². The molecule has 0 N–H and O–H groups in total. The SMILES string of the molecule is C[Si](C)(C)C1C=NC1=O. The Balaban J connectivity index is 2.67. The summed E-state index contributed by atoms with van der Waals surface area (Å²) in [6.07, 6.45) is 1.79. The largest absolute Gasteiger partial charge is 0.272 e. The van der Waals surface area contributed by atoms with Crippen LogP contribution in [-0.4, -0.2) is 20.2 Å². The van der Waals surface area contributed by atoms with Crippen molar-refractivity contribution in [1.29, 1.82) is 0 Å². The molecule has 1 unspecified atom stereocenters. The van der Waals surface area contributed by atoms with E-state index in [9.17, 15) is 4.79 Å². The molecule has 1 heterocycles. The Hall–Kier alpha value is -0.443. The van der Waals surface area contributed by atoms with Crippen LogP contribution in [0.25, 0.3) is 0 Å². The van der Waals surface area contributed by atoms with E-state index in [2.05, 4.69) is 24.6 Å². The summed E-state index contributed by atoms with van der Waals surface area (Å²) in [5, 5.41) is 0. The Morgan fingerprint density at radius 2 is 2.11 bits per heavy atom. The first-order valence-corrected chi connectivity index (χ1v) is 6.67. The van der Waals surface area contributed by atoms with Gasteiger partial charge in [0.1, 0.15) is 0 Å². The Morgan fingerprint density at radius 1 is 1.56 bits per heavy atom. The van der Waals surface area contributed by atoms with Crippen LogP contribution < -0.4 is 0 Å². The van der Waals surface area contributed by atoms with Gasteiger partial charge in [-0.3, -0.25) is 4.79 Å². The number of hydrogen-bond donors (Lipinski definition) is 0. The summed E-state index contributed by atoms with van der Waals surface area (Å²) < 4.78 is 0. The number of amides is 1. The van der Waals surface area contributed by atoms with Gasteiger partial charge in [-0.25, -0.2) is 4.99 Å². The number of aliphatic imine (C=N–C) groups is 1. The lowest BCUT2D eigenvalue weighted by molar-refractivity contribution is -0.117. The fourth-order valence-corrected chi connectivity index (χ4v) is 2.14. The zero-order chi connectivity index (χ0) is 7.07. The van der Waals surface area contributed by atoms with E-state index in [1.165, 1.54) is 0 Å². The lowest BCUT2D eigenvalue weighted by Crippen LogP contribution is -2.38. The van der Waals surface area contributed by atoms with Gasteiger partial charge in [0.15, 0.2) is 0 Å². The molecule has 1 atom stereocenters. The molecule has 0 aliphatic carbocycles. The normalized spacial score (nSPS) is 26.1. The summed E-state index contributed by atoms with van der Waals surface area (Å²) in [5.41, 5.74) is 0.206. The highest BCUT2D eigenvalue weighted by atomic mass is 28.3. The van der Waals surface area contributed by atoms with E-state index in [1.807, 2.05) is 0 Å². The van der Waals surface area contributed by atoms with E-state index in [0.29, 0.717) is 0 Å². The van der Waals surface area contributed by atoms with Gasteiger partial charge in [-0.2, -0.15) is 0 Å². The van der Waals surface area contributed by atoms with Crippen molar-refractivity contribution in [2.75, 3.05) is 0 Å². The van der Waals surface area contributed by atoms with Crippen LogP contribution in [0.5, 0.6) is 0 Å². The van der Waals surface area contributed by atoms with Crippen molar-refractivity contribution < 1.29 is 4.79 Å². The van der Waals surface area contributed by atoms with Crippen molar-refractivity contribution in [3.05, 3.63) is 0 Å². The molecule has 2 nitrogen and oxygen atoms in total. The summed E-state index contributed by atoms with van der Waals surface area (Å²) in [5.74, 6) is 0.0918. The molecule has 1 aliphatic heterocycles. The van der Waals surface area contributed by atoms with Gasteiger partial charge in [0.2, 0.25) is 0 Å². The second-order valence-corrected chi connectivity index (χ2v) is 8.81. The van der Waals surface area contributed by atoms with E-state index in [4.69, 9.17) is 0 Å². The van der Waals surface area contributed by atoms with Crippen LogP contribution in [0.1, 0.15) is 0 Å². The number of nitrogens with zero attached hydrogens (tertiary/aromatic N) is 1. The highest BCUT2D eigenvalue weighted by Crippen LogP contribution is 2.26. The molecular formula is C6H11NOSi. The molecule has 1 amide bonds. The molecular weight excluding hydrogens is 130 g/mol. The zero-order valence-electron chi connectivity index (χ0n) is 6.01. The van der Waals surface area contributed by atoms with Gasteiger partial charge in [0.25, 0.3) is 5.91 Å². The predicted octanol–water partition coefficient (Wildman–Crippen LogP) is 1.31. The van der Waals surface area contributed by atoms with Gasteiger partial charge in [0, 0.05) is 6.21 Å². The molecule has 3 heteroatoms. The lowest BCUT2D eigenvalue weighted by atomic mass is 10.3. The molecule has 1 aliphatic rings. The Labute approximate surface area is 56.0 Å². The molecule has 0 aromatic carbocycles. The first kappa shape index (κ1) is 6.67. The minimum atomic E-state index is -1.24. The summed E-state index contributed by atoms with van der Waals surface area (Å²) in [4.78, 5) is 14.3. The van der Waals surface area contributed by atoms with E-state index < -0.39 is 8.07 Å². The fraction of sp³-hybridized carbons (Fsp3) is 0.667. The highest BCUT2D eigenvalue weighted by molar-refractivity contribution is 6.84. The van der Waals surface area contributed by atoms with E-state index in [1.54, 1.807) is 6.21 Å². The first-order chi connectivity index (χ1) is 4.02. The summed E-state index contributed by atoms with van der Waals surface area (Å²) in [6.45, 7) is 6.54. The third-order valence-electron chi connectivity index (χ3n) is 1.55. The van der Waals surface area contributed by atoms with Gasteiger partial charge >= 0.3 is 0 Å². The quantitative estimate of drug-likeness (QED) is 0.506. The van der Waals surface area contributed by atoms with Crippen molar-refractivity contribution in [3.8, 4) is 0 Å². The Bertz CT molecular complexity index is 168. The summed E-state index contributed by atoms with van der Waals surface area (Å²) >= 11 is 0. The first-order valence-electron chi connectivity index (χ1n) is 3.10. The van der Waals surface area contributed by atoms with Crippen LogP contribution in [0.4, 0.5) is 0 Å². The highest BCUT2D eigenvalue weighted by Gasteiger charge is 2.35. The minimum absolute atomic E-state index is 0.0918. The second-order valence-electron chi connectivity index (χ2n) is 3.46. The van der Waals surface area contributed by atoms with Crippen molar-refractivity contribution in [3.63, 3.8) is 0 Å². The lowest BCUT2D eigenvalue weighted by Gasteiger charge is -2.26. The molecule has 0 bridgehead atoms. The van der Waals surface area contributed by atoms with Crippen LogP contribution >= 0.6 is 0 Å². The maximum absolute atomic E-state index is 10.7.